The van der Waals surface area contributed by atoms with Crippen LogP contribution in [-0.2, 0) is 19.4 Å². The van der Waals surface area contributed by atoms with E-state index < -0.39 is 0 Å². The van der Waals surface area contributed by atoms with Crippen molar-refractivity contribution in [2.75, 3.05) is 18.4 Å². The highest BCUT2D eigenvalue weighted by molar-refractivity contribution is 5.56. The minimum atomic E-state index is 0.514. The van der Waals surface area contributed by atoms with E-state index >= 15 is 0 Å². The van der Waals surface area contributed by atoms with Crippen LogP contribution in [0.1, 0.15) is 24.5 Å². The van der Waals surface area contributed by atoms with Crippen molar-refractivity contribution in [2.24, 2.45) is 0 Å². The Morgan fingerprint density at radius 2 is 2.38 bits per heavy atom. The van der Waals surface area contributed by atoms with Gasteiger partial charge in [0.2, 0.25) is 0 Å². The molecule has 1 unspecified atom stereocenters. The molecule has 0 amide bonds. The topological polar surface area (TPSA) is 41.9 Å². The predicted molar refractivity (Wildman–Crippen MR) is 86.6 cm³/mol. The predicted octanol–water partition coefficient (Wildman–Crippen LogP) is 2.46. The summed E-state index contributed by atoms with van der Waals surface area (Å²) in [5.41, 5.74) is 4.23. The number of rotatable bonds is 7. The van der Waals surface area contributed by atoms with Gasteiger partial charge in [0, 0.05) is 37.2 Å². The van der Waals surface area contributed by atoms with Crippen molar-refractivity contribution in [1.29, 1.82) is 0 Å². The molecule has 0 bridgehead atoms. The largest absolute Gasteiger partial charge is 0.384 e. The molecule has 2 heterocycles. The highest BCUT2D eigenvalue weighted by Gasteiger charge is 2.11. The molecule has 1 atom stereocenters. The molecule has 1 aliphatic heterocycles. The molecular formula is C17H24N4. The number of hydrogen-bond donors (Lipinski definition) is 2. The lowest BCUT2D eigenvalue weighted by Gasteiger charge is -2.14. The first kappa shape index (κ1) is 14.1. The maximum Gasteiger partial charge on any atom is 0.0945 e. The highest BCUT2D eigenvalue weighted by Crippen LogP contribution is 2.23. The van der Waals surface area contributed by atoms with E-state index in [4.69, 9.17) is 0 Å². The quantitative estimate of drug-likeness (QED) is 0.768. The number of benzene rings is 1. The molecule has 21 heavy (non-hydrogen) atoms. The van der Waals surface area contributed by atoms with Crippen LogP contribution in [0.15, 0.2) is 36.9 Å². The van der Waals surface area contributed by atoms with Gasteiger partial charge < -0.3 is 15.2 Å². The molecule has 112 valence electrons. The zero-order valence-corrected chi connectivity index (χ0v) is 12.7. The summed E-state index contributed by atoms with van der Waals surface area (Å²) in [6, 6.07) is 7.35. The van der Waals surface area contributed by atoms with Gasteiger partial charge in [-0.25, -0.2) is 4.98 Å². The second-order valence-corrected chi connectivity index (χ2v) is 5.88. The lowest BCUT2D eigenvalue weighted by Crippen LogP contribution is -2.29. The van der Waals surface area contributed by atoms with Gasteiger partial charge in [-0.2, -0.15) is 0 Å². The maximum atomic E-state index is 4.06. The van der Waals surface area contributed by atoms with E-state index in [9.17, 15) is 0 Å². The van der Waals surface area contributed by atoms with Gasteiger partial charge in [-0.3, -0.25) is 0 Å². The van der Waals surface area contributed by atoms with Crippen LogP contribution >= 0.6 is 0 Å². The molecule has 0 saturated heterocycles. The molecule has 1 aromatic heterocycles. The lowest BCUT2D eigenvalue weighted by molar-refractivity contribution is 0.510. The number of nitrogens with one attached hydrogen (secondary N) is 2. The van der Waals surface area contributed by atoms with E-state index in [0.717, 1.165) is 38.9 Å². The Kier molecular flexibility index (Phi) is 4.55. The van der Waals surface area contributed by atoms with E-state index in [1.54, 1.807) is 0 Å². The third-order valence-corrected chi connectivity index (χ3v) is 4.07. The number of fused-ring (bicyclic) bond motifs is 1. The highest BCUT2D eigenvalue weighted by atomic mass is 15.0. The van der Waals surface area contributed by atoms with E-state index in [2.05, 4.69) is 45.3 Å². The Labute approximate surface area is 126 Å². The summed E-state index contributed by atoms with van der Waals surface area (Å²) >= 11 is 0. The second kappa shape index (κ2) is 6.76. The third kappa shape index (κ3) is 3.85. The van der Waals surface area contributed by atoms with Gasteiger partial charge in [-0.05, 0) is 49.9 Å². The molecule has 0 spiro atoms. The summed E-state index contributed by atoms with van der Waals surface area (Å²) < 4.78 is 2.12. The van der Waals surface area contributed by atoms with Gasteiger partial charge in [0.25, 0.3) is 0 Å². The summed E-state index contributed by atoms with van der Waals surface area (Å²) in [6.45, 7) is 5.43. The number of aryl methyl sites for hydroxylation is 1. The van der Waals surface area contributed by atoms with E-state index in [0.29, 0.717) is 6.04 Å². The molecule has 1 aliphatic rings. The first-order valence-corrected chi connectivity index (χ1v) is 7.86. The fourth-order valence-corrected chi connectivity index (χ4v) is 2.94. The first-order valence-electron chi connectivity index (χ1n) is 7.86. The summed E-state index contributed by atoms with van der Waals surface area (Å²) in [5, 5.41) is 7.02. The van der Waals surface area contributed by atoms with Crippen LogP contribution in [0.5, 0.6) is 0 Å². The van der Waals surface area contributed by atoms with Gasteiger partial charge in [-0.15, -0.1) is 0 Å². The van der Waals surface area contributed by atoms with Crippen molar-refractivity contribution in [3.8, 4) is 0 Å². The van der Waals surface area contributed by atoms with Crippen molar-refractivity contribution in [3.05, 3.63) is 48.0 Å². The van der Waals surface area contributed by atoms with Crippen LogP contribution in [-0.4, -0.2) is 28.7 Å². The molecule has 1 aromatic carbocycles. The molecule has 0 fully saturated rings. The fourth-order valence-electron chi connectivity index (χ4n) is 2.94. The molecule has 2 aromatic rings. The van der Waals surface area contributed by atoms with Crippen molar-refractivity contribution in [1.82, 2.24) is 14.9 Å². The summed E-state index contributed by atoms with van der Waals surface area (Å²) in [4.78, 5) is 4.06. The van der Waals surface area contributed by atoms with E-state index in [1.165, 1.54) is 16.8 Å². The summed E-state index contributed by atoms with van der Waals surface area (Å²) in [7, 11) is 0. The monoisotopic (exact) mass is 284 g/mol. The van der Waals surface area contributed by atoms with Gasteiger partial charge in [0.05, 0.1) is 6.33 Å². The maximum absolute atomic E-state index is 4.06. The summed E-state index contributed by atoms with van der Waals surface area (Å²) in [5.74, 6) is 0. The van der Waals surface area contributed by atoms with Crippen molar-refractivity contribution < 1.29 is 0 Å². The molecule has 0 radical (unpaired) electrons. The van der Waals surface area contributed by atoms with E-state index in [1.807, 2.05) is 18.7 Å². The SMILES string of the molecule is CC(Cc1ccc2c(c1)CCN2)NCCCn1ccnc1. The minimum Gasteiger partial charge on any atom is -0.384 e. The molecule has 2 N–H and O–H groups in total. The Hall–Kier alpha value is -1.81. The second-order valence-electron chi connectivity index (χ2n) is 5.88. The van der Waals surface area contributed by atoms with Crippen molar-refractivity contribution in [2.45, 2.75) is 38.8 Å². The van der Waals surface area contributed by atoms with Crippen molar-refractivity contribution >= 4 is 5.69 Å². The zero-order chi connectivity index (χ0) is 14.5. The molecule has 4 nitrogen and oxygen atoms in total. The normalized spacial score (nSPS) is 14.7. The smallest absolute Gasteiger partial charge is 0.0945 e. The number of nitrogens with zero attached hydrogens (tertiary/aromatic N) is 2. The Bertz CT molecular complexity index is 562. The molecule has 0 saturated carbocycles. The van der Waals surface area contributed by atoms with Crippen LogP contribution in [0, 0.1) is 0 Å². The standard InChI is InChI=1S/C17H24N4/c1-14(19-6-2-9-21-10-8-18-13-21)11-15-3-4-17-16(12-15)5-7-20-17/h3-4,8,10,12-14,19-20H,2,5-7,9,11H2,1H3. The average molecular weight is 284 g/mol. The van der Waals surface area contributed by atoms with Gasteiger partial charge in [-0.1, -0.05) is 12.1 Å². The average Bonchev–Trinajstić information content (AvgIpc) is 3.14. The Balaban J connectivity index is 1.40. The number of anilines is 1. The fraction of sp³-hybridized carbons (Fsp3) is 0.471. The third-order valence-electron chi connectivity index (χ3n) is 4.07. The van der Waals surface area contributed by atoms with Gasteiger partial charge in [0.15, 0.2) is 0 Å². The van der Waals surface area contributed by atoms with E-state index in [-0.39, 0.29) is 0 Å². The van der Waals surface area contributed by atoms with Crippen LogP contribution in [0.2, 0.25) is 0 Å². The minimum absolute atomic E-state index is 0.514. The molecule has 4 heteroatoms. The zero-order valence-electron chi connectivity index (χ0n) is 12.7. The lowest BCUT2D eigenvalue weighted by atomic mass is 10.0. The molecule has 3 rings (SSSR count). The van der Waals surface area contributed by atoms with Crippen LogP contribution in [0.4, 0.5) is 5.69 Å². The van der Waals surface area contributed by atoms with Crippen molar-refractivity contribution in [3.63, 3.8) is 0 Å². The number of aromatic nitrogens is 2. The Morgan fingerprint density at radius 1 is 1.43 bits per heavy atom. The molecular weight excluding hydrogens is 260 g/mol. The Morgan fingerprint density at radius 3 is 3.24 bits per heavy atom. The van der Waals surface area contributed by atoms with Crippen LogP contribution in [0.3, 0.4) is 0 Å². The number of hydrogen-bond acceptors (Lipinski definition) is 3. The number of imidazole rings is 1. The van der Waals surface area contributed by atoms with Gasteiger partial charge >= 0.3 is 0 Å². The van der Waals surface area contributed by atoms with Crippen LogP contribution < -0.4 is 10.6 Å². The summed E-state index contributed by atoms with van der Waals surface area (Å²) in [6.07, 6.45) is 9.12. The molecule has 0 aliphatic carbocycles. The first-order chi connectivity index (χ1) is 10.3. The van der Waals surface area contributed by atoms with Gasteiger partial charge in [0.1, 0.15) is 0 Å². The van der Waals surface area contributed by atoms with Crippen LogP contribution in [0.25, 0.3) is 0 Å².